The summed E-state index contributed by atoms with van der Waals surface area (Å²) >= 11 is 0. The molecule has 0 fully saturated rings. The Kier molecular flexibility index (Phi) is 6.30. The molecule has 130 valence electrons. The van der Waals surface area contributed by atoms with E-state index in [2.05, 4.69) is 5.32 Å². The minimum Gasteiger partial charge on any atom is -0.493 e. The summed E-state index contributed by atoms with van der Waals surface area (Å²) in [5, 5.41) is 20.3. The largest absolute Gasteiger partial charge is 0.493 e. The van der Waals surface area contributed by atoms with E-state index in [-0.39, 0.29) is 12.2 Å². The van der Waals surface area contributed by atoms with Crippen LogP contribution in [0.1, 0.15) is 5.56 Å². The van der Waals surface area contributed by atoms with Gasteiger partial charge in [0.2, 0.25) is 0 Å². The number of ether oxygens (including phenoxy) is 2. The van der Waals surface area contributed by atoms with Crippen molar-refractivity contribution in [2.75, 3.05) is 19.0 Å². The predicted molar refractivity (Wildman–Crippen MR) is 92.7 cm³/mol. The molecule has 2 aromatic carbocycles. The minimum absolute atomic E-state index is 0.130. The molecule has 0 bridgehead atoms. The number of hydrogen-bond acceptors (Lipinski definition) is 5. The van der Waals surface area contributed by atoms with E-state index in [1.807, 2.05) is 12.1 Å². The van der Waals surface area contributed by atoms with Crippen molar-refractivity contribution in [2.45, 2.75) is 0 Å². The molecule has 0 saturated carbocycles. The summed E-state index contributed by atoms with van der Waals surface area (Å²) in [6.45, 7) is -0.130. The Morgan fingerprint density at radius 3 is 2.54 bits per heavy atom. The van der Waals surface area contributed by atoms with Crippen LogP contribution in [0.5, 0.6) is 11.5 Å². The van der Waals surface area contributed by atoms with Crippen LogP contribution >= 0.6 is 0 Å². The van der Waals surface area contributed by atoms with E-state index in [0.717, 1.165) is 0 Å². The molecule has 0 unspecified atom stereocenters. The molecule has 0 aliphatic rings. The van der Waals surface area contributed by atoms with Crippen LogP contribution in [-0.4, -0.2) is 19.6 Å². The molecule has 0 saturated heterocycles. The van der Waals surface area contributed by atoms with E-state index in [0.29, 0.717) is 22.7 Å². The molecule has 6 nitrogen and oxygen atoms in total. The molecule has 26 heavy (non-hydrogen) atoms. The highest BCUT2D eigenvalue weighted by Crippen LogP contribution is 2.29. The molecule has 7 heteroatoms. The Morgan fingerprint density at radius 1 is 1.19 bits per heavy atom. The van der Waals surface area contributed by atoms with Gasteiger partial charge in [0.15, 0.2) is 18.1 Å². The predicted octanol–water partition coefficient (Wildman–Crippen LogP) is 3.28. The van der Waals surface area contributed by atoms with E-state index >= 15 is 0 Å². The Labute approximate surface area is 149 Å². The molecular formula is C19H14FN3O3. The van der Waals surface area contributed by atoms with Gasteiger partial charge in [-0.3, -0.25) is 4.79 Å². The summed E-state index contributed by atoms with van der Waals surface area (Å²) in [5.41, 5.74) is 0.773. The number of nitriles is 2. The number of nitrogens with zero attached hydrogens (tertiary/aromatic N) is 2. The van der Waals surface area contributed by atoms with Gasteiger partial charge in [-0.15, -0.1) is 0 Å². The van der Waals surface area contributed by atoms with Gasteiger partial charge in [0.25, 0.3) is 5.91 Å². The smallest absolute Gasteiger partial charge is 0.266 e. The third kappa shape index (κ3) is 4.83. The number of methoxy groups -OCH3 is 1. The molecule has 0 aliphatic heterocycles. The number of carbonyl (C=O) groups is 1. The summed E-state index contributed by atoms with van der Waals surface area (Å²) in [7, 11) is 1.44. The normalized spacial score (nSPS) is 10.4. The van der Waals surface area contributed by atoms with Gasteiger partial charge in [-0.1, -0.05) is 6.07 Å². The van der Waals surface area contributed by atoms with Crippen LogP contribution in [0.3, 0.4) is 0 Å². The van der Waals surface area contributed by atoms with Crippen LogP contribution in [0.4, 0.5) is 10.1 Å². The van der Waals surface area contributed by atoms with Gasteiger partial charge in [0, 0.05) is 5.69 Å². The van der Waals surface area contributed by atoms with E-state index in [1.165, 1.54) is 37.5 Å². The lowest BCUT2D eigenvalue weighted by atomic mass is 10.1. The molecular weight excluding hydrogens is 337 g/mol. The third-order valence-corrected chi connectivity index (χ3v) is 3.26. The van der Waals surface area contributed by atoms with E-state index in [1.54, 1.807) is 18.2 Å². The average molecular weight is 351 g/mol. The van der Waals surface area contributed by atoms with Crippen molar-refractivity contribution in [1.82, 2.24) is 0 Å². The first-order chi connectivity index (χ1) is 12.6. The zero-order valence-electron chi connectivity index (χ0n) is 13.8. The van der Waals surface area contributed by atoms with Crippen molar-refractivity contribution in [1.29, 1.82) is 10.5 Å². The third-order valence-electron chi connectivity index (χ3n) is 3.26. The monoisotopic (exact) mass is 351 g/mol. The minimum atomic E-state index is -0.622. The highest BCUT2D eigenvalue weighted by atomic mass is 19.1. The van der Waals surface area contributed by atoms with Gasteiger partial charge < -0.3 is 14.8 Å². The van der Waals surface area contributed by atoms with Crippen molar-refractivity contribution in [3.8, 4) is 23.6 Å². The first-order valence-corrected chi connectivity index (χ1v) is 7.44. The lowest BCUT2D eigenvalue weighted by Crippen LogP contribution is -2.13. The first-order valence-electron chi connectivity index (χ1n) is 7.44. The summed E-state index contributed by atoms with van der Waals surface area (Å²) in [6, 6.07) is 13.7. The number of nitrogens with one attached hydrogen (secondary N) is 1. The number of rotatable bonds is 6. The summed E-state index contributed by atoms with van der Waals surface area (Å²) in [5.74, 6) is -0.307. The number of amides is 1. The SMILES string of the molecule is COc1cc(C=C(C#N)C(=O)Nc2ccc(F)cc2)ccc1OCC#N. The first kappa shape index (κ1) is 18.5. The molecule has 0 heterocycles. The standard InChI is InChI=1S/C19H14FN3O3/c1-25-18-11-13(2-7-17(18)26-9-8-21)10-14(12-22)19(24)23-16-5-3-15(20)4-6-16/h2-7,10-11H,9H2,1H3,(H,23,24). The fraction of sp³-hybridized carbons (Fsp3) is 0.105. The Hall–Kier alpha value is -3.84. The highest BCUT2D eigenvalue weighted by Gasteiger charge is 2.11. The Morgan fingerprint density at radius 2 is 1.92 bits per heavy atom. The number of carbonyl (C=O) groups excluding carboxylic acids is 1. The maximum Gasteiger partial charge on any atom is 0.266 e. The lowest BCUT2D eigenvalue weighted by molar-refractivity contribution is -0.112. The van der Waals surface area contributed by atoms with Crippen molar-refractivity contribution < 1.29 is 18.7 Å². The zero-order valence-corrected chi connectivity index (χ0v) is 13.8. The second-order valence-corrected chi connectivity index (χ2v) is 4.99. The van der Waals surface area contributed by atoms with Crippen LogP contribution in [0.15, 0.2) is 48.0 Å². The molecule has 1 amide bonds. The van der Waals surface area contributed by atoms with Crippen molar-refractivity contribution >= 4 is 17.7 Å². The summed E-state index contributed by atoms with van der Waals surface area (Å²) in [6.07, 6.45) is 1.38. The van der Waals surface area contributed by atoms with Gasteiger partial charge in [-0.2, -0.15) is 10.5 Å². The summed E-state index contributed by atoms with van der Waals surface area (Å²) < 4.78 is 23.3. The fourth-order valence-electron chi connectivity index (χ4n) is 2.05. The molecule has 0 aliphatic carbocycles. The molecule has 0 radical (unpaired) electrons. The molecule has 1 N–H and O–H groups in total. The molecule has 0 atom stereocenters. The zero-order chi connectivity index (χ0) is 18.9. The van der Waals surface area contributed by atoms with Crippen molar-refractivity contribution in [3.05, 3.63) is 59.4 Å². The van der Waals surface area contributed by atoms with Crippen LogP contribution in [-0.2, 0) is 4.79 Å². The van der Waals surface area contributed by atoms with E-state index < -0.39 is 11.7 Å². The Balaban J connectivity index is 2.22. The highest BCUT2D eigenvalue weighted by molar-refractivity contribution is 6.09. The van der Waals surface area contributed by atoms with Crippen molar-refractivity contribution in [3.63, 3.8) is 0 Å². The summed E-state index contributed by atoms with van der Waals surface area (Å²) in [4.78, 5) is 12.2. The second kappa shape index (κ2) is 8.86. The second-order valence-electron chi connectivity index (χ2n) is 4.99. The number of benzene rings is 2. The van der Waals surface area contributed by atoms with Gasteiger partial charge in [0.05, 0.1) is 7.11 Å². The van der Waals surface area contributed by atoms with Gasteiger partial charge in [-0.05, 0) is 48.0 Å². The lowest BCUT2D eigenvalue weighted by Gasteiger charge is -2.09. The maximum absolute atomic E-state index is 12.9. The Bertz CT molecular complexity index is 909. The van der Waals surface area contributed by atoms with Crippen molar-refractivity contribution in [2.24, 2.45) is 0 Å². The topological polar surface area (TPSA) is 95.1 Å². The number of hydrogen-bond donors (Lipinski definition) is 1. The molecule has 2 rings (SSSR count). The molecule has 0 spiro atoms. The average Bonchev–Trinajstić information content (AvgIpc) is 2.66. The van der Waals surface area contributed by atoms with E-state index in [9.17, 15) is 14.4 Å². The van der Waals surface area contributed by atoms with Gasteiger partial charge >= 0.3 is 0 Å². The van der Waals surface area contributed by atoms with Crippen LogP contribution in [0.2, 0.25) is 0 Å². The van der Waals surface area contributed by atoms with Crippen LogP contribution in [0.25, 0.3) is 6.08 Å². The number of halogens is 1. The fourth-order valence-corrected chi connectivity index (χ4v) is 2.05. The van der Waals surface area contributed by atoms with Crippen LogP contribution in [0, 0.1) is 28.5 Å². The molecule has 0 aromatic heterocycles. The number of anilines is 1. The maximum atomic E-state index is 12.9. The molecule has 2 aromatic rings. The quantitative estimate of drug-likeness (QED) is 0.636. The van der Waals surface area contributed by atoms with E-state index in [4.69, 9.17) is 14.7 Å². The van der Waals surface area contributed by atoms with Crippen LogP contribution < -0.4 is 14.8 Å². The van der Waals surface area contributed by atoms with Gasteiger partial charge in [0.1, 0.15) is 23.5 Å². The van der Waals surface area contributed by atoms with Gasteiger partial charge in [-0.25, -0.2) is 4.39 Å².